The van der Waals surface area contributed by atoms with Crippen molar-refractivity contribution >= 4 is 40.1 Å². The average Bonchev–Trinajstić information content (AvgIpc) is 2.70. The molecule has 0 atom stereocenters. The van der Waals surface area contributed by atoms with Gasteiger partial charge < -0.3 is 9.15 Å². The minimum atomic E-state index is -0.646. The predicted octanol–water partition coefficient (Wildman–Crippen LogP) is 5.83. The van der Waals surface area contributed by atoms with Crippen LogP contribution in [0.5, 0.6) is 5.75 Å². The fourth-order valence-corrected chi connectivity index (χ4v) is 3.41. The molecule has 0 amide bonds. The van der Waals surface area contributed by atoms with Crippen molar-refractivity contribution in [1.29, 1.82) is 0 Å². The van der Waals surface area contributed by atoms with Crippen molar-refractivity contribution < 1.29 is 18.3 Å². The number of pyridine rings is 1. The lowest BCUT2D eigenvalue weighted by Crippen LogP contribution is -2.11. The van der Waals surface area contributed by atoms with Crippen LogP contribution >= 0.6 is 23.2 Å². The Labute approximate surface area is 179 Å². The highest BCUT2D eigenvalue weighted by Gasteiger charge is 2.20. The highest BCUT2D eigenvalue weighted by atomic mass is 35.5. The second kappa shape index (κ2) is 7.89. The van der Waals surface area contributed by atoms with Gasteiger partial charge in [0, 0.05) is 17.8 Å². The van der Waals surface area contributed by atoms with Crippen LogP contribution in [0.1, 0.15) is 16.1 Å². The van der Waals surface area contributed by atoms with Crippen LogP contribution in [0.3, 0.4) is 0 Å². The van der Waals surface area contributed by atoms with Crippen LogP contribution in [0.4, 0.5) is 4.39 Å². The summed E-state index contributed by atoms with van der Waals surface area (Å²) in [6, 6.07) is 11.4. The first-order chi connectivity index (χ1) is 14.3. The molecule has 30 heavy (non-hydrogen) atoms. The van der Waals surface area contributed by atoms with Crippen LogP contribution < -0.4 is 10.2 Å². The third-order valence-electron chi connectivity index (χ3n) is 4.43. The van der Waals surface area contributed by atoms with E-state index in [1.807, 2.05) is 0 Å². The Bertz CT molecular complexity index is 1330. The molecular formula is C22H12Cl2FNO4. The van der Waals surface area contributed by atoms with E-state index in [1.54, 1.807) is 0 Å². The minimum absolute atomic E-state index is 0.0157. The summed E-state index contributed by atoms with van der Waals surface area (Å²) in [7, 11) is 0. The van der Waals surface area contributed by atoms with Crippen molar-refractivity contribution in [3.05, 3.63) is 92.3 Å². The molecule has 0 saturated carbocycles. The maximum atomic E-state index is 14.4. The summed E-state index contributed by atoms with van der Waals surface area (Å²) in [4.78, 5) is 29.1. The molecule has 0 bridgehead atoms. The van der Waals surface area contributed by atoms with Crippen molar-refractivity contribution in [1.82, 2.24) is 4.98 Å². The summed E-state index contributed by atoms with van der Waals surface area (Å²) in [6.07, 6.45) is 1.29. The summed E-state index contributed by atoms with van der Waals surface area (Å²) >= 11 is 11.8. The van der Waals surface area contributed by atoms with E-state index >= 15 is 0 Å². The predicted molar refractivity (Wildman–Crippen MR) is 112 cm³/mol. The van der Waals surface area contributed by atoms with Crippen molar-refractivity contribution in [3.8, 4) is 16.9 Å². The normalized spacial score (nSPS) is 10.9. The van der Waals surface area contributed by atoms with Crippen molar-refractivity contribution in [2.24, 2.45) is 0 Å². The fourth-order valence-electron chi connectivity index (χ4n) is 3.04. The molecule has 5 nitrogen and oxygen atoms in total. The van der Waals surface area contributed by atoms with E-state index in [1.165, 1.54) is 61.7 Å². The van der Waals surface area contributed by atoms with E-state index in [9.17, 15) is 14.0 Å². The van der Waals surface area contributed by atoms with Crippen molar-refractivity contribution in [2.45, 2.75) is 6.92 Å². The fraction of sp³-hybridized carbons (Fsp3) is 0.0455. The molecule has 0 radical (unpaired) electrons. The van der Waals surface area contributed by atoms with Crippen molar-refractivity contribution in [3.63, 3.8) is 0 Å². The maximum Gasteiger partial charge on any atom is 0.345 e. The Morgan fingerprint density at radius 1 is 1.10 bits per heavy atom. The zero-order chi connectivity index (χ0) is 21.4. The zero-order valence-corrected chi connectivity index (χ0v) is 16.9. The lowest BCUT2D eigenvalue weighted by Gasteiger charge is -2.10. The molecule has 0 spiro atoms. The molecule has 0 aliphatic rings. The van der Waals surface area contributed by atoms with Gasteiger partial charge in [-0.15, -0.1) is 0 Å². The van der Waals surface area contributed by atoms with Crippen LogP contribution in [0, 0.1) is 12.7 Å². The van der Waals surface area contributed by atoms with Crippen LogP contribution in [0.2, 0.25) is 10.2 Å². The lowest BCUT2D eigenvalue weighted by molar-refractivity contribution is 0.0734. The number of aryl methyl sites for hydroxylation is 1. The average molecular weight is 444 g/mol. The Morgan fingerprint density at radius 2 is 1.90 bits per heavy atom. The first kappa shape index (κ1) is 20.1. The van der Waals surface area contributed by atoms with Crippen molar-refractivity contribution in [2.75, 3.05) is 0 Å². The second-order valence-electron chi connectivity index (χ2n) is 6.38. The molecule has 2 heterocycles. The van der Waals surface area contributed by atoms with Crippen LogP contribution in [-0.4, -0.2) is 11.0 Å². The number of halogens is 3. The largest absolute Gasteiger partial charge is 0.460 e. The molecule has 0 fully saturated rings. The van der Waals surface area contributed by atoms with Gasteiger partial charge in [-0.25, -0.2) is 14.2 Å². The molecule has 0 aliphatic carbocycles. The first-order valence-electron chi connectivity index (χ1n) is 8.70. The Kier molecular flexibility index (Phi) is 5.28. The van der Waals surface area contributed by atoms with E-state index in [-0.39, 0.29) is 49.3 Å². The Balaban J connectivity index is 1.76. The monoisotopic (exact) mass is 443 g/mol. The molecule has 150 valence electrons. The van der Waals surface area contributed by atoms with Gasteiger partial charge in [0.1, 0.15) is 28.1 Å². The number of hydrogen-bond acceptors (Lipinski definition) is 5. The molecule has 0 aliphatic heterocycles. The standard InChI is InChI=1S/C22H12Cl2FNO4/c1-11-19(20-15(23)3-2-4-16(20)25)21(27)14-7-6-13(9-17(14)29-11)30-22(28)12-5-8-18(24)26-10-12/h2-10H,1H3. The Morgan fingerprint density at radius 3 is 2.60 bits per heavy atom. The van der Waals surface area contributed by atoms with Gasteiger partial charge in [0.2, 0.25) is 5.43 Å². The van der Waals surface area contributed by atoms with E-state index in [0.717, 1.165) is 0 Å². The van der Waals surface area contributed by atoms with Crippen LogP contribution in [0.15, 0.2) is 63.9 Å². The number of ether oxygens (including phenoxy) is 1. The maximum absolute atomic E-state index is 14.4. The van der Waals surface area contributed by atoms with Crippen LogP contribution in [-0.2, 0) is 0 Å². The summed E-state index contributed by atoms with van der Waals surface area (Å²) in [5.74, 6) is -0.918. The number of fused-ring (bicyclic) bond motifs is 1. The molecule has 0 saturated heterocycles. The highest BCUT2D eigenvalue weighted by molar-refractivity contribution is 6.33. The van der Waals surface area contributed by atoms with Gasteiger partial charge in [0.25, 0.3) is 0 Å². The topological polar surface area (TPSA) is 69.4 Å². The highest BCUT2D eigenvalue weighted by Crippen LogP contribution is 2.33. The molecule has 2 aromatic carbocycles. The number of carbonyl (C=O) groups is 1. The number of aromatic nitrogens is 1. The van der Waals surface area contributed by atoms with Gasteiger partial charge in [-0.3, -0.25) is 4.79 Å². The van der Waals surface area contributed by atoms with E-state index in [0.29, 0.717) is 0 Å². The number of hydrogen-bond donors (Lipinski definition) is 0. The third kappa shape index (κ3) is 3.67. The van der Waals surface area contributed by atoms with Gasteiger partial charge in [-0.1, -0.05) is 29.3 Å². The number of benzene rings is 2. The summed E-state index contributed by atoms with van der Waals surface area (Å²) < 4.78 is 25.4. The van der Waals surface area contributed by atoms with Crippen LogP contribution in [0.25, 0.3) is 22.1 Å². The summed E-state index contributed by atoms with van der Waals surface area (Å²) in [5.41, 5.74) is -0.0175. The molecule has 8 heteroatoms. The zero-order valence-electron chi connectivity index (χ0n) is 15.4. The van der Waals surface area contributed by atoms with Gasteiger partial charge in [0.15, 0.2) is 0 Å². The van der Waals surface area contributed by atoms with E-state index < -0.39 is 17.2 Å². The van der Waals surface area contributed by atoms with E-state index in [2.05, 4.69) is 4.98 Å². The van der Waals surface area contributed by atoms with Gasteiger partial charge in [0.05, 0.1) is 21.5 Å². The quantitative estimate of drug-likeness (QED) is 0.226. The molecule has 2 aromatic heterocycles. The third-order valence-corrected chi connectivity index (χ3v) is 4.96. The molecule has 0 N–H and O–H groups in total. The Hall–Kier alpha value is -3.22. The molecular weight excluding hydrogens is 432 g/mol. The summed E-state index contributed by atoms with van der Waals surface area (Å²) in [5, 5.41) is 0.551. The number of rotatable bonds is 3. The molecule has 4 aromatic rings. The smallest absolute Gasteiger partial charge is 0.345 e. The van der Waals surface area contributed by atoms with E-state index in [4.69, 9.17) is 32.4 Å². The molecule has 4 rings (SSSR count). The second-order valence-corrected chi connectivity index (χ2v) is 7.17. The first-order valence-corrected chi connectivity index (χ1v) is 9.46. The number of esters is 1. The number of nitrogens with zero attached hydrogens (tertiary/aromatic N) is 1. The van der Waals surface area contributed by atoms with Gasteiger partial charge >= 0.3 is 5.97 Å². The van der Waals surface area contributed by atoms with Gasteiger partial charge in [-0.2, -0.15) is 0 Å². The van der Waals surface area contributed by atoms with Gasteiger partial charge in [-0.05, 0) is 43.3 Å². The SMILES string of the molecule is Cc1oc2cc(OC(=O)c3ccc(Cl)nc3)ccc2c(=O)c1-c1c(F)cccc1Cl. The summed E-state index contributed by atoms with van der Waals surface area (Å²) in [6.45, 7) is 1.54. The molecule has 0 unspecified atom stereocenters. The minimum Gasteiger partial charge on any atom is -0.460 e. The lowest BCUT2D eigenvalue weighted by atomic mass is 10.0. The number of carbonyl (C=O) groups excluding carboxylic acids is 1.